The molecule has 6 nitrogen and oxygen atoms in total. The van der Waals surface area contributed by atoms with Crippen molar-refractivity contribution < 1.29 is 9.59 Å². The zero-order valence-electron chi connectivity index (χ0n) is 17.2. The molecular weight excluding hydrogens is 364 g/mol. The average molecular weight is 393 g/mol. The fraction of sp³-hybridized carbons (Fsp3) is 0.391. The molecule has 152 valence electrons. The Bertz CT molecular complexity index is 1100. The highest BCUT2D eigenvalue weighted by Gasteiger charge is 2.27. The molecule has 1 aliphatic rings. The monoisotopic (exact) mass is 392 g/mol. The Balaban J connectivity index is 1.70. The van der Waals surface area contributed by atoms with E-state index in [0.29, 0.717) is 19.1 Å². The number of hydrogen-bond acceptors (Lipinski definition) is 2. The molecule has 2 aromatic carbocycles. The molecule has 0 bridgehead atoms. The summed E-state index contributed by atoms with van der Waals surface area (Å²) in [5.74, 6) is -0.594. The number of primary amides is 1. The van der Waals surface area contributed by atoms with Gasteiger partial charge in [0.05, 0.1) is 5.92 Å². The quantitative estimate of drug-likeness (QED) is 0.692. The molecule has 1 unspecified atom stereocenters. The molecule has 3 amide bonds. The molecule has 0 aliphatic carbocycles. The number of nitrogens with one attached hydrogen (secondary N) is 1. The van der Waals surface area contributed by atoms with Crippen LogP contribution in [0, 0.1) is 12.8 Å². The second-order valence-electron chi connectivity index (χ2n) is 8.23. The first kappa shape index (κ1) is 19.3. The zero-order valence-corrected chi connectivity index (χ0v) is 17.2. The van der Waals surface area contributed by atoms with Gasteiger partial charge in [0.15, 0.2) is 0 Å². The standard InChI is InChI=1S/C23H28N4O2/c1-14(2)27-19-9-5-4-8-17(19)21-15(3)18(10-11-20(21)27)25-23(29)26-12-6-7-16(13-26)22(24)28/h4-5,8-11,14,16H,6-7,12-13H2,1-3H3,(H2,24,28)(H,25,29). The second kappa shape index (κ2) is 7.43. The molecule has 2 heterocycles. The number of amides is 3. The summed E-state index contributed by atoms with van der Waals surface area (Å²) in [4.78, 5) is 26.1. The van der Waals surface area contributed by atoms with Crippen LogP contribution in [0.25, 0.3) is 21.8 Å². The third-order valence-electron chi connectivity index (χ3n) is 6.00. The Morgan fingerprint density at radius 1 is 1.14 bits per heavy atom. The van der Waals surface area contributed by atoms with Gasteiger partial charge in [-0.3, -0.25) is 4.79 Å². The number of nitrogens with zero attached hydrogens (tertiary/aromatic N) is 2. The van der Waals surface area contributed by atoms with Crippen LogP contribution in [0.3, 0.4) is 0 Å². The maximum atomic E-state index is 12.9. The van der Waals surface area contributed by atoms with Crippen LogP contribution in [0.1, 0.15) is 38.3 Å². The minimum atomic E-state index is -0.332. The predicted molar refractivity (Wildman–Crippen MR) is 117 cm³/mol. The van der Waals surface area contributed by atoms with Gasteiger partial charge >= 0.3 is 6.03 Å². The summed E-state index contributed by atoms with van der Waals surface area (Å²) in [6, 6.07) is 12.6. The molecule has 3 aromatic rings. The number of anilines is 1. The number of fused-ring (bicyclic) bond motifs is 3. The summed E-state index contributed by atoms with van der Waals surface area (Å²) in [5, 5.41) is 5.42. The van der Waals surface area contributed by atoms with E-state index in [2.05, 4.69) is 61.0 Å². The molecule has 0 radical (unpaired) electrons. The van der Waals surface area contributed by atoms with Crippen LogP contribution in [0.4, 0.5) is 10.5 Å². The molecule has 1 aliphatic heterocycles. The number of aromatic nitrogens is 1. The number of aryl methyl sites for hydroxylation is 1. The maximum Gasteiger partial charge on any atom is 0.321 e. The summed E-state index contributed by atoms with van der Waals surface area (Å²) in [6.07, 6.45) is 1.54. The van der Waals surface area contributed by atoms with E-state index in [-0.39, 0.29) is 17.9 Å². The molecule has 29 heavy (non-hydrogen) atoms. The van der Waals surface area contributed by atoms with Crippen molar-refractivity contribution in [2.24, 2.45) is 11.7 Å². The summed E-state index contributed by atoms with van der Waals surface area (Å²) in [5.41, 5.74) is 9.67. The van der Waals surface area contributed by atoms with Gasteiger partial charge in [0.25, 0.3) is 0 Å². The SMILES string of the molecule is Cc1c(NC(=O)N2CCCC(C(N)=O)C2)ccc2c1c1ccccc1n2C(C)C. The Morgan fingerprint density at radius 3 is 2.62 bits per heavy atom. The molecule has 1 fully saturated rings. The molecule has 0 saturated carbocycles. The summed E-state index contributed by atoms with van der Waals surface area (Å²) < 4.78 is 2.34. The summed E-state index contributed by atoms with van der Waals surface area (Å²) in [7, 11) is 0. The highest BCUT2D eigenvalue weighted by molar-refractivity contribution is 6.12. The highest BCUT2D eigenvalue weighted by Crippen LogP contribution is 2.36. The van der Waals surface area contributed by atoms with Gasteiger partial charge in [0.2, 0.25) is 5.91 Å². The van der Waals surface area contributed by atoms with Gasteiger partial charge in [0.1, 0.15) is 0 Å². The van der Waals surface area contributed by atoms with Gasteiger partial charge in [-0.15, -0.1) is 0 Å². The van der Waals surface area contributed by atoms with E-state index in [9.17, 15) is 9.59 Å². The van der Waals surface area contributed by atoms with Crippen LogP contribution in [-0.2, 0) is 4.79 Å². The fourth-order valence-electron chi connectivity index (χ4n) is 4.54. The number of nitrogens with two attached hydrogens (primary N) is 1. The average Bonchev–Trinajstić information content (AvgIpc) is 3.05. The minimum absolute atomic E-state index is 0.175. The van der Waals surface area contributed by atoms with Crippen molar-refractivity contribution >= 4 is 39.4 Å². The molecule has 0 spiro atoms. The lowest BCUT2D eigenvalue weighted by atomic mass is 9.98. The van der Waals surface area contributed by atoms with Crippen LogP contribution >= 0.6 is 0 Å². The van der Waals surface area contributed by atoms with Crippen molar-refractivity contribution in [3.63, 3.8) is 0 Å². The molecule has 3 N–H and O–H groups in total. The van der Waals surface area contributed by atoms with E-state index < -0.39 is 0 Å². The summed E-state index contributed by atoms with van der Waals surface area (Å²) >= 11 is 0. The third-order valence-corrected chi connectivity index (χ3v) is 6.00. The van der Waals surface area contributed by atoms with Crippen LogP contribution in [0.5, 0.6) is 0 Å². The predicted octanol–water partition coefficient (Wildman–Crippen LogP) is 4.41. The van der Waals surface area contributed by atoms with Crippen molar-refractivity contribution in [3.05, 3.63) is 42.0 Å². The largest absolute Gasteiger partial charge is 0.369 e. The first-order valence-corrected chi connectivity index (χ1v) is 10.3. The van der Waals surface area contributed by atoms with Gasteiger partial charge in [-0.25, -0.2) is 4.79 Å². The van der Waals surface area contributed by atoms with Crippen LogP contribution in [-0.4, -0.2) is 34.5 Å². The van der Waals surface area contributed by atoms with Crippen molar-refractivity contribution in [1.29, 1.82) is 0 Å². The van der Waals surface area contributed by atoms with E-state index in [1.165, 1.54) is 21.8 Å². The zero-order chi connectivity index (χ0) is 20.7. The second-order valence-corrected chi connectivity index (χ2v) is 8.23. The van der Waals surface area contributed by atoms with Crippen LogP contribution < -0.4 is 11.1 Å². The number of likely N-dealkylation sites (tertiary alicyclic amines) is 1. The van der Waals surface area contributed by atoms with Crippen molar-refractivity contribution in [1.82, 2.24) is 9.47 Å². The molecule has 6 heteroatoms. The first-order chi connectivity index (χ1) is 13.9. The smallest absolute Gasteiger partial charge is 0.321 e. The molecule has 4 rings (SSSR count). The minimum Gasteiger partial charge on any atom is -0.369 e. The molecule has 1 aromatic heterocycles. The van der Waals surface area contributed by atoms with E-state index in [4.69, 9.17) is 5.73 Å². The highest BCUT2D eigenvalue weighted by atomic mass is 16.2. The number of hydrogen-bond donors (Lipinski definition) is 2. The van der Waals surface area contributed by atoms with Gasteiger partial charge in [-0.2, -0.15) is 0 Å². The molecule has 1 saturated heterocycles. The van der Waals surface area contributed by atoms with E-state index in [1.54, 1.807) is 4.90 Å². The molecular formula is C23H28N4O2. The van der Waals surface area contributed by atoms with Gasteiger partial charge in [0, 0.05) is 46.6 Å². The Morgan fingerprint density at radius 2 is 1.90 bits per heavy atom. The lowest BCUT2D eigenvalue weighted by Gasteiger charge is -2.31. The van der Waals surface area contributed by atoms with E-state index in [0.717, 1.165) is 24.1 Å². The van der Waals surface area contributed by atoms with Gasteiger partial charge in [-0.1, -0.05) is 18.2 Å². The fourth-order valence-corrected chi connectivity index (χ4v) is 4.54. The number of carbonyl (C=O) groups excluding carboxylic acids is 2. The van der Waals surface area contributed by atoms with Crippen molar-refractivity contribution in [3.8, 4) is 0 Å². The molecule has 1 atom stereocenters. The number of piperidine rings is 1. The number of para-hydroxylation sites is 1. The normalized spacial score (nSPS) is 17.2. The van der Waals surface area contributed by atoms with Gasteiger partial charge < -0.3 is 20.5 Å². The number of benzene rings is 2. The number of carbonyl (C=O) groups is 2. The lowest BCUT2D eigenvalue weighted by molar-refractivity contribution is -0.123. The van der Waals surface area contributed by atoms with E-state index >= 15 is 0 Å². The van der Waals surface area contributed by atoms with Gasteiger partial charge in [-0.05, 0) is 57.4 Å². The Labute approximate surface area is 170 Å². The van der Waals surface area contributed by atoms with Crippen molar-refractivity contribution in [2.75, 3.05) is 18.4 Å². The topological polar surface area (TPSA) is 80.4 Å². The number of rotatable bonds is 3. The first-order valence-electron chi connectivity index (χ1n) is 10.3. The third kappa shape index (κ3) is 3.33. The Kier molecular flexibility index (Phi) is 4.94. The lowest BCUT2D eigenvalue weighted by Crippen LogP contribution is -2.45. The van der Waals surface area contributed by atoms with Crippen LogP contribution in [0.2, 0.25) is 0 Å². The maximum absolute atomic E-state index is 12.9. The van der Waals surface area contributed by atoms with Crippen LogP contribution in [0.15, 0.2) is 36.4 Å². The van der Waals surface area contributed by atoms with E-state index in [1.807, 2.05) is 6.07 Å². The van der Waals surface area contributed by atoms with Crippen molar-refractivity contribution in [2.45, 2.75) is 39.7 Å². The Hall–Kier alpha value is -3.02. The number of urea groups is 1. The summed E-state index contributed by atoms with van der Waals surface area (Å²) in [6.45, 7) is 7.45.